The molecular weight excluding hydrogens is 390 g/mol. The number of likely N-dealkylation sites (tertiary alicyclic amines) is 2. The van der Waals surface area contributed by atoms with Crippen molar-refractivity contribution < 1.29 is 14.7 Å². The van der Waals surface area contributed by atoms with Crippen LogP contribution in [0.4, 0.5) is 0 Å². The van der Waals surface area contributed by atoms with Gasteiger partial charge in [0.1, 0.15) is 5.69 Å². The standard InChI is InChI=1S/C20H27N5O3S/c1-13-6-14(2)25(22-13)5-4-18(27)23-7-16-8-24(11-20(16,10-23)12-26)19(28)17-9-29-15(3)21-17/h6,9,16,26H,4-5,7-8,10-12H2,1-3H3. The number of hydrogen-bond acceptors (Lipinski definition) is 6. The zero-order chi connectivity index (χ0) is 20.8. The Balaban J connectivity index is 1.38. The predicted octanol–water partition coefficient (Wildman–Crippen LogP) is 1.25. The Hall–Kier alpha value is -2.26. The van der Waals surface area contributed by atoms with E-state index in [1.165, 1.54) is 11.3 Å². The number of rotatable bonds is 5. The molecule has 2 atom stereocenters. The maximum atomic E-state index is 12.8. The Bertz CT molecular complexity index is 938. The number of thiazole rings is 1. The van der Waals surface area contributed by atoms with Crippen LogP contribution in [-0.4, -0.2) is 74.3 Å². The highest BCUT2D eigenvalue weighted by molar-refractivity contribution is 7.09. The summed E-state index contributed by atoms with van der Waals surface area (Å²) in [6.07, 6.45) is 0.386. The number of aryl methyl sites for hydroxylation is 4. The second-order valence-corrected chi connectivity index (χ2v) is 9.39. The Labute approximate surface area is 174 Å². The summed E-state index contributed by atoms with van der Waals surface area (Å²) in [4.78, 5) is 33.5. The highest BCUT2D eigenvalue weighted by atomic mass is 32.1. The van der Waals surface area contributed by atoms with Gasteiger partial charge in [0, 0.05) is 61.6 Å². The van der Waals surface area contributed by atoms with E-state index in [-0.39, 0.29) is 24.3 Å². The molecular formula is C20H27N5O3S. The van der Waals surface area contributed by atoms with Gasteiger partial charge < -0.3 is 14.9 Å². The Morgan fingerprint density at radius 1 is 1.24 bits per heavy atom. The average Bonchev–Trinajstić information content (AvgIpc) is 3.41. The molecule has 2 aromatic rings. The molecule has 0 aromatic carbocycles. The second-order valence-electron chi connectivity index (χ2n) is 8.33. The van der Waals surface area contributed by atoms with Crippen molar-refractivity contribution in [1.82, 2.24) is 24.6 Å². The van der Waals surface area contributed by atoms with Crippen LogP contribution in [-0.2, 0) is 11.3 Å². The summed E-state index contributed by atoms with van der Waals surface area (Å²) in [6, 6.07) is 2.00. The Morgan fingerprint density at radius 3 is 2.55 bits per heavy atom. The first kappa shape index (κ1) is 20.0. The number of amides is 2. The maximum Gasteiger partial charge on any atom is 0.273 e. The van der Waals surface area contributed by atoms with Gasteiger partial charge in [-0.05, 0) is 26.8 Å². The van der Waals surface area contributed by atoms with Crippen molar-refractivity contribution in [2.75, 3.05) is 32.8 Å². The second kappa shape index (κ2) is 7.53. The first-order valence-corrected chi connectivity index (χ1v) is 10.8. The summed E-state index contributed by atoms with van der Waals surface area (Å²) in [7, 11) is 0. The number of aliphatic hydroxyl groups excluding tert-OH is 1. The summed E-state index contributed by atoms with van der Waals surface area (Å²) in [6.45, 7) is 8.42. The van der Waals surface area contributed by atoms with Gasteiger partial charge in [-0.15, -0.1) is 11.3 Å². The molecule has 9 heteroatoms. The molecule has 2 unspecified atom stereocenters. The van der Waals surface area contributed by atoms with Gasteiger partial charge in [-0.25, -0.2) is 4.98 Å². The minimum Gasteiger partial charge on any atom is -0.396 e. The molecule has 2 amide bonds. The first-order chi connectivity index (χ1) is 13.8. The molecule has 2 aliphatic heterocycles. The van der Waals surface area contributed by atoms with E-state index in [1.54, 1.807) is 10.3 Å². The number of carbonyl (C=O) groups is 2. The monoisotopic (exact) mass is 417 g/mol. The molecule has 2 aliphatic rings. The van der Waals surface area contributed by atoms with Crippen molar-refractivity contribution in [1.29, 1.82) is 0 Å². The quantitative estimate of drug-likeness (QED) is 0.791. The lowest BCUT2D eigenvalue weighted by atomic mass is 9.82. The lowest BCUT2D eigenvalue weighted by Gasteiger charge is -2.27. The molecule has 4 rings (SSSR count). The molecule has 0 saturated carbocycles. The highest BCUT2D eigenvalue weighted by Gasteiger charge is 2.54. The maximum absolute atomic E-state index is 12.8. The van der Waals surface area contributed by atoms with Crippen LogP contribution >= 0.6 is 11.3 Å². The van der Waals surface area contributed by atoms with E-state index in [9.17, 15) is 14.7 Å². The Kier molecular flexibility index (Phi) is 5.20. The zero-order valence-electron chi connectivity index (χ0n) is 17.1. The number of fused-ring (bicyclic) bond motifs is 1. The molecule has 156 valence electrons. The molecule has 0 spiro atoms. The summed E-state index contributed by atoms with van der Waals surface area (Å²) >= 11 is 1.46. The predicted molar refractivity (Wildman–Crippen MR) is 109 cm³/mol. The fourth-order valence-corrected chi connectivity index (χ4v) is 5.22. The molecule has 2 aromatic heterocycles. The van der Waals surface area contributed by atoms with Gasteiger partial charge in [0.2, 0.25) is 5.91 Å². The average molecular weight is 418 g/mol. The fraction of sp³-hybridized carbons (Fsp3) is 0.600. The van der Waals surface area contributed by atoms with Crippen molar-refractivity contribution in [2.24, 2.45) is 11.3 Å². The normalized spacial score (nSPS) is 23.7. The fourth-order valence-electron chi connectivity index (χ4n) is 4.63. The van der Waals surface area contributed by atoms with Gasteiger partial charge in [0.05, 0.1) is 17.3 Å². The van der Waals surface area contributed by atoms with Crippen LogP contribution in [0.25, 0.3) is 0 Å². The number of aromatic nitrogens is 3. The largest absolute Gasteiger partial charge is 0.396 e. The number of carbonyl (C=O) groups excluding carboxylic acids is 2. The molecule has 0 bridgehead atoms. The minimum atomic E-state index is -0.436. The summed E-state index contributed by atoms with van der Waals surface area (Å²) in [5, 5.41) is 17.2. The molecule has 0 radical (unpaired) electrons. The van der Waals surface area contributed by atoms with Gasteiger partial charge in [-0.1, -0.05) is 0 Å². The van der Waals surface area contributed by atoms with Gasteiger partial charge in [-0.3, -0.25) is 14.3 Å². The highest BCUT2D eigenvalue weighted by Crippen LogP contribution is 2.42. The number of aliphatic hydroxyl groups is 1. The van der Waals surface area contributed by atoms with Gasteiger partial charge in [-0.2, -0.15) is 5.10 Å². The van der Waals surface area contributed by atoms with Crippen LogP contribution in [0.15, 0.2) is 11.4 Å². The van der Waals surface area contributed by atoms with Crippen LogP contribution in [0.1, 0.15) is 33.3 Å². The summed E-state index contributed by atoms with van der Waals surface area (Å²) < 4.78 is 1.86. The third-order valence-electron chi connectivity index (χ3n) is 6.19. The van der Waals surface area contributed by atoms with Crippen LogP contribution in [0.2, 0.25) is 0 Å². The van der Waals surface area contributed by atoms with Crippen molar-refractivity contribution >= 4 is 23.2 Å². The number of hydrogen-bond donors (Lipinski definition) is 1. The SMILES string of the molecule is Cc1cc(C)n(CCC(=O)N2CC3CN(C(=O)c4csc(C)n4)CC3(CO)C2)n1. The summed E-state index contributed by atoms with van der Waals surface area (Å²) in [5.41, 5.74) is 2.03. The van der Waals surface area contributed by atoms with Crippen LogP contribution in [0.5, 0.6) is 0 Å². The Morgan fingerprint density at radius 2 is 1.97 bits per heavy atom. The lowest BCUT2D eigenvalue weighted by Crippen LogP contribution is -2.40. The molecule has 29 heavy (non-hydrogen) atoms. The van der Waals surface area contributed by atoms with E-state index in [2.05, 4.69) is 10.1 Å². The third-order valence-corrected chi connectivity index (χ3v) is 6.97. The smallest absolute Gasteiger partial charge is 0.273 e. The third kappa shape index (κ3) is 3.69. The van der Waals surface area contributed by atoms with Gasteiger partial charge >= 0.3 is 0 Å². The van der Waals surface area contributed by atoms with Crippen molar-refractivity contribution in [3.8, 4) is 0 Å². The molecule has 0 aliphatic carbocycles. The van der Waals surface area contributed by atoms with Crippen molar-refractivity contribution in [3.63, 3.8) is 0 Å². The summed E-state index contributed by atoms with van der Waals surface area (Å²) in [5.74, 6) is 0.0839. The zero-order valence-corrected chi connectivity index (χ0v) is 17.9. The van der Waals surface area contributed by atoms with Gasteiger partial charge in [0.15, 0.2) is 0 Å². The molecule has 2 fully saturated rings. The van der Waals surface area contributed by atoms with E-state index in [4.69, 9.17) is 0 Å². The van der Waals surface area contributed by atoms with Gasteiger partial charge in [0.25, 0.3) is 5.91 Å². The van der Waals surface area contributed by atoms with E-state index in [0.29, 0.717) is 44.8 Å². The van der Waals surface area contributed by atoms with E-state index >= 15 is 0 Å². The van der Waals surface area contributed by atoms with Crippen molar-refractivity contribution in [3.05, 3.63) is 33.5 Å². The molecule has 1 N–H and O–H groups in total. The van der Waals surface area contributed by atoms with Crippen LogP contribution in [0.3, 0.4) is 0 Å². The number of nitrogens with zero attached hydrogens (tertiary/aromatic N) is 5. The van der Waals surface area contributed by atoms with E-state index < -0.39 is 5.41 Å². The molecule has 4 heterocycles. The van der Waals surface area contributed by atoms with E-state index in [0.717, 1.165) is 16.4 Å². The lowest BCUT2D eigenvalue weighted by molar-refractivity contribution is -0.131. The van der Waals surface area contributed by atoms with Crippen LogP contribution in [0, 0.1) is 32.1 Å². The topological polar surface area (TPSA) is 91.6 Å². The molecule has 2 saturated heterocycles. The van der Waals surface area contributed by atoms with E-state index in [1.807, 2.05) is 36.4 Å². The minimum absolute atomic E-state index is 0.0290. The first-order valence-electron chi connectivity index (χ1n) is 9.92. The van der Waals surface area contributed by atoms with Crippen molar-refractivity contribution in [2.45, 2.75) is 33.7 Å². The molecule has 8 nitrogen and oxygen atoms in total. The van der Waals surface area contributed by atoms with Crippen LogP contribution < -0.4 is 0 Å².